The molecule has 0 aliphatic carbocycles. The summed E-state index contributed by atoms with van der Waals surface area (Å²) in [5.41, 5.74) is 0.869. The first-order valence-electron chi connectivity index (χ1n) is 5.43. The Labute approximate surface area is 124 Å². The fraction of sp³-hybridized carbons (Fsp3) is 0.417. The number of rotatable bonds is 5. The van der Waals surface area contributed by atoms with E-state index < -0.39 is 0 Å². The molecule has 0 radical (unpaired) electrons. The van der Waals surface area contributed by atoms with Gasteiger partial charge in [0.15, 0.2) is 0 Å². The fourth-order valence-corrected chi connectivity index (χ4v) is 2.05. The lowest BCUT2D eigenvalue weighted by atomic mass is 10.1. The monoisotopic (exact) mass is 310 g/mol. The zero-order valence-corrected chi connectivity index (χ0v) is 12.6. The second kappa shape index (κ2) is 8.59. The van der Waals surface area contributed by atoms with Gasteiger partial charge in [-0.1, -0.05) is 29.3 Å². The van der Waals surface area contributed by atoms with Crippen LogP contribution in [0.4, 0.5) is 0 Å². The molecular formula is C12H17Cl3N2O. The molecule has 3 nitrogen and oxygen atoms in total. The topological polar surface area (TPSA) is 41.1 Å². The lowest BCUT2D eigenvalue weighted by molar-refractivity contribution is -0.121. The molecule has 0 saturated carbocycles. The van der Waals surface area contributed by atoms with Crippen LogP contribution in [-0.4, -0.2) is 19.5 Å². The summed E-state index contributed by atoms with van der Waals surface area (Å²) >= 11 is 11.9. The molecule has 1 aromatic rings. The molecule has 0 aliphatic heterocycles. The maximum absolute atomic E-state index is 11.5. The predicted octanol–water partition coefficient (Wildman–Crippen LogP) is 3.20. The van der Waals surface area contributed by atoms with E-state index in [0.29, 0.717) is 23.0 Å². The van der Waals surface area contributed by atoms with Gasteiger partial charge in [0.25, 0.3) is 0 Å². The summed E-state index contributed by atoms with van der Waals surface area (Å²) in [6.07, 6.45) is 0.450. The Morgan fingerprint density at radius 2 is 2.06 bits per heavy atom. The van der Waals surface area contributed by atoms with Crippen molar-refractivity contribution in [3.63, 3.8) is 0 Å². The largest absolute Gasteiger partial charge is 0.349 e. The first kappa shape index (κ1) is 17.5. The van der Waals surface area contributed by atoms with Crippen LogP contribution in [0.3, 0.4) is 0 Å². The van der Waals surface area contributed by atoms with Crippen LogP contribution >= 0.6 is 35.6 Å². The minimum absolute atomic E-state index is 0. The zero-order chi connectivity index (χ0) is 12.8. The minimum atomic E-state index is -0.121. The summed E-state index contributed by atoms with van der Waals surface area (Å²) in [7, 11) is 1.81. The van der Waals surface area contributed by atoms with Gasteiger partial charge in [0.05, 0.1) is 6.04 Å². The van der Waals surface area contributed by atoms with Gasteiger partial charge in [-0.2, -0.15) is 0 Å². The van der Waals surface area contributed by atoms with E-state index in [1.54, 1.807) is 12.1 Å². The zero-order valence-electron chi connectivity index (χ0n) is 10.3. The van der Waals surface area contributed by atoms with Crippen LogP contribution in [0.2, 0.25) is 10.0 Å². The highest BCUT2D eigenvalue weighted by Crippen LogP contribution is 2.25. The molecule has 1 unspecified atom stereocenters. The molecule has 0 spiro atoms. The van der Waals surface area contributed by atoms with Crippen LogP contribution in [0.25, 0.3) is 0 Å². The third kappa shape index (κ3) is 5.44. The summed E-state index contributed by atoms with van der Waals surface area (Å²) in [5, 5.41) is 6.97. The molecule has 0 fully saturated rings. The van der Waals surface area contributed by atoms with E-state index in [1.165, 1.54) is 0 Å². The molecule has 2 N–H and O–H groups in total. The number of nitrogens with one attached hydrogen (secondary N) is 2. The van der Waals surface area contributed by atoms with Crippen molar-refractivity contribution >= 4 is 41.5 Å². The molecule has 0 saturated heterocycles. The van der Waals surface area contributed by atoms with E-state index in [0.717, 1.165) is 5.56 Å². The van der Waals surface area contributed by atoms with Gasteiger partial charge in [0, 0.05) is 23.0 Å². The Balaban J connectivity index is 0.00000289. The van der Waals surface area contributed by atoms with Crippen LogP contribution in [0, 0.1) is 0 Å². The van der Waals surface area contributed by atoms with Crippen molar-refractivity contribution < 1.29 is 4.79 Å². The van der Waals surface area contributed by atoms with Gasteiger partial charge in [0.2, 0.25) is 5.91 Å². The molecule has 1 aromatic carbocycles. The molecular weight excluding hydrogens is 295 g/mol. The van der Waals surface area contributed by atoms with Gasteiger partial charge in [-0.15, -0.1) is 12.4 Å². The van der Waals surface area contributed by atoms with Crippen LogP contribution < -0.4 is 10.6 Å². The molecule has 1 atom stereocenters. The average molecular weight is 312 g/mol. The van der Waals surface area contributed by atoms with E-state index in [9.17, 15) is 4.79 Å². The number of hydrogen-bond acceptors (Lipinski definition) is 2. The van der Waals surface area contributed by atoms with Gasteiger partial charge in [0.1, 0.15) is 0 Å². The maximum Gasteiger partial charge on any atom is 0.221 e. The Morgan fingerprint density at radius 1 is 1.39 bits per heavy atom. The third-order valence-corrected chi connectivity index (χ3v) is 2.97. The lowest BCUT2D eigenvalue weighted by Gasteiger charge is -2.15. The van der Waals surface area contributed by atoms with E-state index >= 15 is 0 Å². The van der Waals surface area contributed by atoms with E-state index in [2.05, 4.69) is 10.6 Å². The summed E-state index contributed by atoms with van der Waals surface area (Å²) in [4.78, 5) is 11.5. The predicted molar refractivity (Wildman–Crippen MR) is 78.8 cm³/mol. The highest BCUT2D eigenvalue weighted by atomic mass is 35.5. The molecule has 6 heteroatoms. The Morgan fingerprint density at radius 3 is 2.61 bits per heavy atom. The van der Waals surface area contributed by atoms with Crippen molar-refractivity contribution in [3.8, 4) is 0 Å². The number of amides is 1. The molecule has 0 heterocycles. The standard InChI is InChI=1S/C12H16Cl2N2O.ClH/c1-8(16-12(17)5-6-15-2)10-4-3-9(13)7-11(10)14;/h3-4,7-8,15H,5-6H2,1-2H3,(H,16,17);1H. The Hall–Kier alpha value is -0.480. The molecule has 0 aliphatic rings. The molecule has 1 rings (SSSR count). The van der Waals surface area contributed by atoms with E-state index in [4.69, 9.17) is 23.2 Å². The van der Waals surface area contributed by atoms with Crippen molar-refractivity contribution in [3.05, 3.63) is 33.8 Å². The molecule has 0 bridgehead atoms. The maximum atomic E-state index is 11.5. The first-order valence-corrected chi connectivity index (χ1v) is 6.19. The number of carbonyl (C=O) groups excluding carboxylic acids is 1. The molecule has 0 aromatic heterocycles. The van der Waals surface area contributed by atoms with Crippen molar-refractivity contribution in [2.45, 2.75) is 19.4 Å². The fourth-order valence-electron chi connectivity index (χ4n) is 1.48. The van der Waals surface area contributed by atoms with Gasteiger partial charge < -0.3 is 10.6 Å². The summed E-state index contributed by atoms with van der Waals surface area (Å²) in [6, 6.07) is 5.14. The van der Waals surface area contributed by atoms with Crippen molar-refractivity contribution in [1.82, 2.24) is 10.6 Å². The normalized spacial score (nSPS) is 11.6. The lowest BCUT2D eigenvalue weighted by Crippen LogP contribution is -2.29. The Bertz CT molecular complexity index is 399. The van der Waals surface area contributed by atoms with E-state index in [1.807, 2.05) is 20.0 Å². The second-order valence-electron chi connectivity index (χ2n) is 3.81. The number of halogens is 3. The third-order valence-electron chi connectivity index (χ3n) is 2.41. The average Bonchev–Trinajstić information content (AvgIpc) is 2.26. The summed E-state index contributed by atoms with van der Waals surface area (Å²) in [6.45, 7) is 2.55. The van der Waals surface area contributed by atoms with Crippen LogP contribution in [0.15, 0.2) is 18.2 Å². The number of benzene rings is 1. The van der Waals surface area contributed by atoms with Crippen LogP contribution in [0.5, 0.6) is 0 Å². The van der Waals surface area contributed by atoms with Crippen molar-refractivity contribution in [1.29, 1.82) is 0 Å². The summed E-state index contributed by atoms with van der Waals surface area (Å²) in [5.74, 6) is -0.00198. The van der Waals surface area contributed by atoms with Gasteiger partial charge >= 0.3 is 0 Å². The minimum Gasteiger partial charge on any atom is -0.349 e. The van der Waals surface area contributed by atoms with Gasteiger partial charge in [-0.05, 0) is 31.7 Å². The van der Waals surface area contributed by atoms with Crippen molar-refractivity contribution in [2.24, 2.45) is 0 Å². The molecule has 102 valence electrons. The van der Waals surface area contributed by atoms with Gasteiger partial charge in [-0.25, -0.2) is 0 Å². The first-order chi connectivity index (χ1) is 8.04. The van der Waals surface area contributed by atoms with Crippen LogP contribution in [0.1, 0.15) is 24.9 Å². The van der Waals surface area contributed by atoms with E-state index in [-0.39, 0.29) is 24.4 Å². The van der Waals surface area contributed by atoms with Gasteiger partial charge in [-0.3, -0.25) is 4.79 Å². The second-order valence-corrected chi connectivity index (χ2v) is 4.65. The SMILES string of the molecule is CNCCC(=O)NC(C)c1ccc(Cl)cc1Cl.Cl. The highest BCUT2D eigenvalue weighted by molar-refractivity contribution is 6.35. The highest BCUT2D eigenvalue weighted by Gasteiger charge is 2.12. The Kier molecular flexibility index (Phi) is 8.36. The van der Waals surface area contributed by atoms with Crippen molar-refractivity contribution in [2.75, 3.05) is 13.6 Å². The molecule has 1 amide bonds. The summed E-state index contributed by atoms with van der Waals surface area (Å²) < 4.78 is 0. The van der Waals surface area contributed by atoms with Crippen LogP contribution in [-0.2, 0) is 4.79 Å². The number of carbonyl (C=O) groups is 1. The smallest absolute Gasteiger partial charge is 0.221 e. The molecule has 18 heavy (non-hydrogen) atoms. The quantitative estimate of drug-likeness (QED) is 0.877. The number of hydrogen-bond donors (Lipinski definition) is 2.